The van der Waals surface area contributed by atoms with E-state index in [1.54, 1.807) is 0 Å². The van der Waals surface area contributed by atoms with Gasteiger partial charge in [-0.05, 0) is 91.4 Å². The van der Waals surface area contributed by atoms with Crippen molar-refractivity contribution >= 4 is 5.97 Å². The summed E-state index contributed by atoms with van der Waals surface area (Å²) in [4.78, 5) is 12.0. The first kappa shape index (κ1) is 27.1. The van der Waals surface area contributed by atoms with Gasteiger partial charge in [-0.15, -0.1) is 0 Å². The van der Waals surface area contributed by atoms with E-state index in [2.05, 4.69) is 45.9 Å². The van der Waals surface area contributed by atoms with Crippen LogP contribution in [-0.4, -0.2) is 27.9 Å². The molecule has 0 aliphatic carbocycles. The van der Waals surface area contributed by atoms with E-state index in [0.29, 0.717) is 0 Å². The maximum absolute atomic E-state index is 12.0. The number of allylic oxidation sites excluding steroid dienone is 7. The molecule has 1 aromatic rings. The van der Waals surface area contributed by atoms with Crippen LogP contribution in [0.2, 0.25) is 0 Å². The SMILES string of the molecule is CC(C)=CCC/C(C)=C/CC/C(C)=C/CC/C(C)=C/COC(=O)c1cc(O)c(O)c(O)c1. The van der Waals surface area contributed by atoms with Crippen LogP contribution in [-0.2, 0) is 4.74 Å². The van der Waals surface area contributed by atoms with Crippen molar-refractivity contribution in [1.82, 2.24) is 0 Å². The van der Waals surface area contributed by atoms with Crippen LogP contribution in [0, 0.1) is 0 Å². The van der Waals surface area contributed by atoms with Crippen LogP contribution in [0.15, 0.2) is 58.7 Å². The Labute approximate surface area is 192 Å². The number of esters is 1. The molecule has 0 saturated carbocycles. The summed E-state index contributed by atoms with van der Waals surface area (Å²) in [6.45, 7) is 10.7. The molecule has 0 unspecified atom stereocenters. The molecule has 176 valence electrons. The second-order valence-electron chi connectivity index (χ2n) is 8.51. The first-order chi connectivity index (χ1) is 15.1. The molecule has 0 aliphatic rings. The maximum Gasteiger partial charge on any atom is 0.338 e. The van der Waals surface area contributed by atoms with E-state index in [1.807, 2.05) is 13.0 Å². The molecule has 0 heterocycles. The van der Waals surface area contributed by atoms with Gasteiger partial charge in [0, 0.05) is 0 Å². The van der Waals surface area contributed by atoms with Gasteiger partial charge in [-0.3, -0.25) is 0 Å². The summed E-state index contributed by atoms with van der Waals surface area (Å²) in [5.41, 5.74) is 5.29. The summed E-state index contributed by atoms with van der Waals surface area (Å²) in [5, 5.41) is 28.3. The number of carbonyl (C=O) groups excluding carboxylic acids is 1. The summed E-state index contributed by atoms with van der Waals surface area (Å²) in [7, 11) is 0. The number of aromatic hydroxyl groups is 3. The fourth-order valence-electron chi connectivity index (χ4n) is 3.05. The van der Waals surface area contributed by atoms with Gasteiger partial charge in [0.25, 0.3) is 0 Å². The number of ether oxygens (including phenoxy) is 1. The quantitative estimate of drug-likeness (QED) is 0.182. The molecular weight excluding hydrogens is 404 g/mol. The highest BCUT2D eigenvalue weighted by atomic mass is 16.5. The molecule has 3 N–H and O–H groups in total. The minimum atomic E-state index is -0.681. The molecule has 0 radical (unpaired) electrons. The number of carbonyl (C=O) groups is 1. The van der Waals surface area contributed by atoms with Gasteiger partial charge in [-0.1, -0.05) is 40.5 Å². The number of phenolic OH excluding ortho intramolecular Hbond substituents is 3. The number of benzene rings is 1. The average molecular weight is 443 g/mol. The van der Waals surface area contributed by atoms with E-state index in [9.17, 15) is 20.1 Å². The molecule has 0 aliphatic heterocycles. The molecule has 0 aromatic heterocycles. The molecule has 1 aromatic carbocycles. The second kappa shape index (κ2) is 14.2. The third kappa shape index (κ3) is 10.9. The van der Waals surface area contributed by atoms with Crippen molar-refractivity contribution in [3.63, 3.8) is 0 Å². The van der Waals surface area contributed by atoms with Crippen LogP contribution in [0.25, 0.3) is 0 Å². The highest BCUT2D eigenvalue weighted by Gasteiger charge is 2.14. The van der Waals surface area contributed by atoms with Gasteiger partial charge in [0.2, 0.25) is 0 Å². The first-order valence-corrected chi connectivity index (χ1v) is 11.1. The lowest BCUT2D eigenvalue weighted by molar-refractivity contribution is 0.0548. The predicted molar refractivity (Wildman–Crippen MR) is 130 cm³/mol. The predicted octanol–water partition coefficient (Wildman–Crippen LogP) is 7.11. The van der Waals surface area contributed by atoms with Gasteiger partial charge >= 0.3 is 5.97 Å². The minimum absolute atomic E-state index is 0.0244. The van der Waals surface area contributed by atoms with Crippen molar-refractivity contribution < 1.29 is 24.9 Å². The largest absolute Gasteiger partial charge is 0.504 e. The minimum Gasteiger partial charge on any atom is -0.504 e. The second-order valence-corrected chi connectivity index (χ2v) is 8.51. The summed E-state index contributed by atoms with van der Waals surface area (Å²) in [6, 6.07) is 2.11. The molecule has 0 spiro atoms. The number of hydrogen-bond donors (Lipinski definition) is 3. The van der Waals surface area contributed by atoms with Crippen molar-refractivity contribution in [1.29, 1.82) is 0 Å². The summed E-state index contributed by atoms with van der Waals surface area (Å²) >= 11 is 0. The van der Waals surface area contributed by atoms with Crippen molar-refractivity contribution in [3.05, 3.63) is 64.3 Å². The van der Waals surface area contributed by atoms with E-state index in [-0.39, 0.29) is 12.2 Å². The fourth-order valence-corrected chi connectivity index (χ4v) is 3.05. The van der Waals surface area contributed by atoms with Crippen LogP contribution in [0.5, 0.6) is 17.2 Å². The lowest BCUT2D eigenvalue weighted by Gasteiger charge is -2.06. The van der Waals surface area contributed by atoms with Gasteiger partial charge in [0.1, 0.15) is 6.61 Å². The van der Waals surface area contributed by atoms with Crippen LogP contribution in [0.4, 0.5) is 0 Å². The van der Waals surface area contributed by atoms with Gasteiger partial charge in [-0.2, -0.15) is 0 Å². The third-order valence-corrected chi connectivity index (χ3v) is 5.11. The van der Waals surface area contributed by atoms with Crippen molar-refractivity contribution in [2.45, 2.75) is 73.1 Å². The zero-order valence-corrected chi connectivity index (χ0v) is 20.1. The lowest BCUT2D eigenvalue weighted by atomic mass is 10.0. The Balaban J connectivity index is 2.35. The molecule has 0 bridgehead atoms. The lowest BCUT2D eigenvalue weighted by Crippen LogP contribution is -2.05. The van der Waals surface area contributed by atoms with Crippen LogP contribution in [0.3, 0.4) is 0 Å². The molecule has 1 rings (SSSR count). The maximum atomic E-state index is 12.0. The molecule has 0 saturated heterocycles. The van der Waals surface area contributed by atoms with Crippen LogP contribution < -0.4 is 0 Å². The smallest absolute Gasteiger partial charge is 0.338 e. The summed E-state index contributed by atoms with van der Waals surface area (Å²) in [6.07, 6.45) is 14.9. The highest BCUT2D eigenvalue weighted by Crippen LogP contribution is 2.35. The van der Waals surface area contributed by atoms with Gasteiger partial charge in [-0.25, -0.2) is 4.79 Å². The van der Waals surface area contributed by atoms with Gasteiger partial charge < -0.3 is 20.1 Å². The standard InChI is InChI=1S/C27H38O5/c1-19(2)9-6-10-20(3)11-7-12-21(4)13-8-14-22(5)15-16-32-27(31)23-17-24(28)26(30)25(29)18-23/h9,11,13,15,17-18,28-30H,6-8,10,12,14,16H2,1-5H3/b20-11+,21-13+,22-15+. The van der Waals surface area contributed by atoms with E-state index < -0.39 is 23.2 Å². The van der Waals surface area contributed by atoms with Crippen LogP contribution >= 0.6 is 0 Å². The molecule has 5 nitrogen and oxygen atoms in total. The van der Waals surface area contributed by atoms with Crippen molar-refractivity contribution in [3.8, 4) is 17.2 Å². The molecule has 0 atom stereocenters. The normalized spacial score (nSPS) is 12.6. The van der Waals surface area contributed by atoms with Gasteiger partial charge in [0.15, 0.2) is 17.2 Å². The highest BCUT2D eigenvalue weighted by molar-refractivity contribution is 5.91. The Morgan fingerprint density at radius 2 is 1.19 bits per heavy atom. The zero-order valence-electron chi connectivity index (χ0n) is 20.1. The summed E-state index contributed by atoms with van der Waals surface area (Å²) in [5.74, 6) is -2.48. The summed E-state index contributed by atoms with van der Waals surface area (Å²) < 4.78 is 5.15. The zero-order chi connectivity index (χ0) is 24.1. The third-order valence-electron chi connectivity index (χ3n) is 5.11. The van der Waals surface area contributed by atoms with E-state index in [0.717, 1.165) is 56.2 Å². The monoisotopic (exact) mass is 442 g/mol. The number of phenols is 3. The molecule has 0 fully saturated rings. The van der Waals surface area contributed by atoms with E-state index in [1.165, 1.54) is 16.7 Å². The fraction of sp³-hybridized carbons (Fsp3) is 0.444. The molecule has 32 heavy (non-hydrogen) atoms. The Bertz CT molecular complexity index is 860. The Morgan fingerprint density at radius 3 is 1.66 bits per heavy atom. The van der Waals surface area contributed by atoms with Gasteiger partial charge in [0.05, 0.1) is 5.56 Å². The number of hydrogen-bond acceptors (Lipinski definition) is 5. The van der Waals surface area contributed by atoms with E-state index >= 15 is 0 Å². The van der Waals surface area contributed by atoms with Crippen molar-refractivity contribution in [2.75, 3.05) is 6.61 Å². The Hall–Kier alpha value is -2.95. The average Bonchev–Trinajstić information content (AvgIpc) is 2.71. The van der Waals surface area contributed by atoms with E-state index in [4.69, 9.17) is 4.74 Å². The molecule has 5 heteroatoms. The van der Waals surface area contributed by atoms with Crippen LogP contribution in [0.1, 0.15) is 83.5 Å². The molecule has 0 amide bonds. The Morgan fingerprint density at radius 1 is 0.750 bits per heavy atom. The molecular formula is C27H38O5. The van der Waals surface area contributed by atoms with Crippen molar-refractivity contribution in [2.24, 2.45) is 0 Å². The Kier molecular flexibility index (Phi) is 12.0. The first-order valence-electron chi connectivity index (χ1n) is 11.1. The topological polar surface area (TPSA) is 87.0 Å². The number of rotatable bonds is 12.